The number of hydrogen-bond donors (Lipinski definition) is 0. The maximum absolute atomic E-state index is 12.8. The molecule has 0 saturated carbocycles. The van der Waals surface area contributed by atoms with Gasteiger partial charge in [-0.3, -0.25) is 14.4 Å². The number of rotatable bonds is 47. The third-order valence-corrected chi connectivity index (χ3v) is 12.0. The molecule has 0 fully saturated rings. The number of carbonyl (C=O) groups excluding carboxylic acids is 3. The summed E-state index contributed by atoms with van der Waals surface area (Å²) < 4.78 is 16.8. The molecule has 0 aliphatic heterocycles. The number of esters is 3. The number of carbonyl (C=O) groups is 3. The molecule has 0 aliphatic rings. The van der Waals surface area contributed by atoms with Crippen LogP contribution in [-0.4, -0.2) is 37.2 Å². The number of ether oxygens (including phenoxy) is 3. The van der Waals surface area contributed by atoms with E-state index in [1.807, 2.05) is 0 Å². The molecule has 0 aromatic heterocycles. The van der Waals surface area contributed by atoms with Gasteiger partial charge in [0, 0.05) is 19.3 Å². The van der Waals surface area contributed by atoms with Gasteiger partial charge in [-0.2, -0.15) is 0 Å². The van der Waals surface area contributed by atoms with E-state index in [0.29, 0.717) is 19.3 Å². The fraction of sp³-hybridized carbons (Fsp3) is 0.943. The molecule has 6 heteroatoms. The topological polar surface area (TPSA) is 78.9 Å². The molecule has 0 rings (SSSR count). The van der Waals surface area contributed by atoms with Crippen LogP contribution in [0.1, 0.15) is 291 Å². The molecular formula is C53H102O6. The average molecular weight is 835 g/mol. The van der Waals surface area contributed by atoms with Crippen molar-refractivity contribution in [1.29, 1.82) is 0 Å². The van der Waals surface area contributed by atoms with Gasteiger partial charge < -0.3 is 14.2 Å². The minimum absolute atomic E-state index is 0.0638. The third kappa shape index (κ3) is 47.3. The van der Waals surface area contributed by atoms with Crippen molar-refractivity contribution in [2.24, 2.45) is 11.8 Å². The highest BCUT2D eigenvalue weighted by atomic mass is 16.6. The second-order valence-electron chi connectivity index (χ2n) is 19.1. The van der Waals surface area contributed by atoms with E-state index in [1.165, 1.54) is 180 Å². The van der Waals surface area contributed by atoms with Crippen molar-refractivity contribution >= 4 is 17.9 Å². The van der Waals surface area contributed by atoms with Crippen LogP contribution in [0.4, 0.5) is 0 Å². The van der Waals surface area contributed by atoms with Crippen molar-refractivity contribution in [2.45, 2.75) is 298 Å². The van der Waals surface area contributed by atoms with Crippen molar-refractivity contribution in [3.8, 4) is 0 Å². The van der Waals surface area contributed by atoms with Crippen LogP contribution in [0, 0.1) is 11.8 Å². The van der Waals surface area contributed by atoms with E-state index in [1.54, 1.807) is 0 Å². The van der Waals surface area contributed by atoms with Gasteiger partial charge in [0.1, 0.15) is 13.2 Å². The summed E-state index contributed by atoms with van der Waals surface area (Å²) in [6, 6.07) is 0. The minimum Gasteiger partial charge on any atom is -0.462 e. The Morgan fingerprint density at radius 1 is 0.322 bits per heavy atom. The van der Waals surface area contributed by atoms with E-state index in [0.717, 1.165) is 69.6 Å². The lowest BCUT2D eigenvalue weighted by Crippen LogP contribution is -2.30. The maximum Gasteiger partial charge on any atom is 0.306 e. The lowest BCUT2D eigenvalue weighted by Gasteiger charge is -2.18. The van der Waals surface area contributed by atoms with Crippen molar-refractivity contribution in [3.05, 3.63) is 0 Å². The first-order chi connectivity index (χ1) is 28.7. The summed E-state index contributed by atoms with van der Waals surface area (Å²) in [5.41, 5.74) is 0. The maximum atomic E-state index is 12.8. The van der Waals surface area contributed by atoms with Crippen molar-refractivity contribution in [2.75, 3.05) is 13.2 Å². The molecule has 0 aromatic rings. The van der Waals surface area contributed by atoms with Gasteiger partial charge in [-0.25, -0.2) is 0 Å². The fourth-order valence-electron chi connectivity index (χ4n) is 7.99. The number of unbranched alkanes of at least 4 members (excludes halogenated alkanes) is 32. The summed E-state index contributed by atoms with van der Waals surface area (Å²) >= 11 is 0. The molecule has 0 aromatic carbocycles. The highest BCUT2D eigenvalue weighted by Crippen LogP contribution is 2.17. The van der Waals surface area contributed by atoms with Crippen LogP contribution < -0.4 is 0 Å². The Bertz CT molecular complexity index is 900. The first-order valence-electron chi connectivity index (χ1n) is 26.2. The molecule has 0 saturated heterocycles. The van der Waals surface area contributed by atoms with Crippen LogP contribution in [0.2, 0.25) is 0 Å². The molecule has 0 heterocycles. The van der Waals surface area contributed by atoms with Gasteiger partial charge in [-0.1, -0.05) is 253 Å². The molecule has 0 aliphatic carbocycles. The second kappa shape index (κ2) is 45.9. The Hall–Kier alpha value is -1.59. The van der Waals surface area contributed by atoms with E-state index in [2.05, 4.69) is 34.6 Å². The monoisotopic (exact) mass is 835 g/mol. The highest BCUT2D eigenvalue weighted by molar-refractivity contribution is 5.71. The van der Waals surface area contributed by atoms with Gasteiger partial charge in [-0.05, 0) is 31.1 Å². The molecule has 0 unspecified atom stereocenters. The van der Waals surface area contributed by atoms with E-state index in [4.69, 9.17) is 14.2 Å². The molecule has 0 amide bonds. The average Bonchev–Trinajstić information content (AvgIpc) is 3.20. The Morgan fingerprint density at radius 2 is 0.559 bits per heavy atom. The molecule has 350 valence electrons. The third-order valence-electron chi connectivity index (χ3n) is 12.0. The lowest BCUT2D eigenvalue weighted by molar-refractivity contribution is -0.167. The predicted octanol–water partition coefficient (Wildman–Crippen LogP) is 16.9. The van der Waals surface area contributed by atoms with Gasteiger partial charge >= 0.3 is 17.9 Å². The summed E-state index contributed by atoms with van der Waals surface area (Å²) in [6.07, 6.45) is 46.7. The quantitative estimate of drug-likeness (QED) is 0.0345. The zero-order valence-corrected chi connectivity index (χ0v) is 40.4. The number of hydrogen-bond acceptors (Lipinski definition) is 6. The molecule has 0 bridgehead atoms. The standard InChI is InChI=1S/C53H102O6/c1-6-7-8-9-26-33-38-43-51(54)57-46-50(59-53(56)45-40-35-30-25-21-17-13-15-19-23-28-32-37-42-49(4)5)47-58-52(55)44-39-34-29-24-20-16-12-10-11-14-18-22-27-31-36-41-48(2)3/h48-50H,6-47H2,1-5H3/t50-/m1/s1. The first-order valence-corrected chi connectivity index (χ1v) is 26.2. The van der Waals surface area contributed by atoms with Gasteiger partial charge in [0.2, 0.25) is 0 Å². The van der Waals surface area contributed by atoms with Crippen LogP contribution in [-0.2, 0) is 28.6 Å². The predicted molar refractivity (Wildman–Crippen MR) is 252 cm³/mol. The van der Waals surface area contributed by atoms with E-state index < -0.39 is 6.10 Å². The first kappa shape index (κ1) is 57.4. The largest absolute Gasteiger partial charge is 0.462 e. The van der Waals surface area contributed by atoms with Crippen LogP contribution >= 0.6 is 0 Å². The molecule has 0 radical (unpaired) electrons. The summed E-state index contributed by atoms with van der Waals surface area (Å²) in [5.74, 6) is 0.834. The normalized spacial score (nSPS) is 12.1. The fourth-order valence-corrected chi connectivity index (χ4v) is 7.99. The van der Waals surface area contributed by atoms with Crippen molar-refractivity contribution < 1.29 is 28.6 Å². The molecule has 6 nitrogen and oxygen atoms in total. The van der Waals surface area contributed by atoms with Gasteiger partial charge in [0.25, 0.3) is 0 Å². The van der Waals surface area contributed by atoms with Gasteiger partial charge in [0.15, 0.2) is 6.10 Å². The minimum atomic E-state index is -0.760. The highest BCUT2D eigenvalue weighted by Gasteiger charge is 2.19. The zero-order chi connectivity index (χ0) is 43.3. The summed E-state index contributed by atoms with van der Waals surface area (Å²) in [4.78, 5) is 37.8. The summed E-state index contributed by atoms with van der Waals surface area (Å²) in [7, 11) is 0. The van der Waals surface area contributed by atoms with Crippen molar-refractivity contribution in [1.82, 2.24) is 0 Å². The van der Waals surface area contributed by atoms with Gasteiger partial charge in [0.05, 0.1) is 0 Å². The zero-order valence-electron chi connectivity index (χ0n) is 40.4. The van der Waals surface area contributed by atoms with E-state index in [9.17, 15) is 14.4 Å². The SMILES string of the molecule is CCCCCCCCCC(=O)OC[C@H](COC(=O)CCCCCCCCCCCCCCCCCC(C)C)OC(=O)CCCCCCCCCCCCCCCC(C)C. The summed E-state index contributed by atoms with van der Waals surface area (Å²) in [5, 5.41) is 0. The van der Waals surface area contributed by atoms with E-state index >= 15 is 0 Å². The van der Waals surface area contributed by atoms with Crippen LogP contribution in [0.25, 0.3) is 0 Å². The van der Waals surface area contributed by atoms with Crippen LogP contribution in [0.5, 0.6) is 0 Å². The smallest absolute Gasteiger partial charge is 0.306 e. The molecule has 1 atom stereocenters. The van der Waals surface area contributed by atoms with Crippen molar-refractivity contribution in [3.63, 3.8) is 0 Å². The van der Waals surface area contributed by atoms with E-state index in [-0.39, 0.29) is 31.1 Å². The molecular weight excluding hydrogens is 733 g/mol. The Balaban J connectivity index is 4.18. The Labute approximate surface area is 368 Å². The second-order valence-corrected chi connectivity index (χ2v) is 19.1. The Morgan fingerprint density at radius 3 is 0.831 bits per heavy atom. The molecule has 0 spiro atoms. The summed E-state index contributed by atoms with van der Waals surface area (Å²) in [6.45, 7) is 11.4. The lowest BCUT2D eigenvalue weighted by atomic mass is 10.0. The Kier molecular flexibility index (Phi) is 44.7. The van der Waals surface area contributed by atoms with Gasteiger partial charge in [-0.15, -0.1) is 0 Å². The van der Waals surface area contributed by atoms with Crippen LogP contribution in [0.3, 0.4) is 0 Å². The van der Waals surface area contributed by atoms with Crippen LogP contribution in [0.15, 0.2) is 0 Å². The molecule has 0 N–H and O–H groups in total. The molecule has 59 heavy (non-hydrogen) atoms.